The fourth-order valence-corrected chi connectivity index (χ4v) is 2.41. The summed E-state index contributed by atoms with van der Waals surface area (Å²) in [5.41, 5.74) is 8.67. The lowest BCUT2D eigenvalue weighted by Gasteiger charge is -2.43. The van der Waals surface area contributed by atoms with Crippen molar-refractivity contribution in [2.75, 3.05) is 19.8 Å². The Labute approximate surface area is 97.8 Å². The van der Waals surface area contributed by atoms with Gasteiger partial charge in [-0.05, 0) is 31.4 Å². The van der Waals surface area contributed by atoms with Crippen LogP contribution in [0.15, 0.2) is 24.3 Å². The third-order valence-corrected chi connectivity index (χ3v) is 3.56. The summed E-state index contributed by atoms with van der Waals surface area (Å²) in [6.07, 6.45) is 1.13. The minimum absolute atomic E-state index is 0.229. The molecule has 1 heterocycles. The number of hydrogen-bond acceptors (Lipinski definition) is 2. The second-order valence-electron chi connectivity index (χ2n) is 5.18. The molecule has 2 N–H and O–H groups in total. The zero-order valence-corrected chi connectivity index (χ0v) is 10.2. The number of rotatable bonds is 4. The largest absolute Gasteiger partial charge is 0.379 e. The Kier molecular flexibility index (Phi) is 3.31. The van der Waals surface area contributed by atoms with Crippen LogP contribution in [0.2, 0.25) is 0 Å². The van der Waals surface area contributed by atoms with Gasteiger partial charge in [0, 0.05) is 5.41 Å². The van der Waals surface area contributed by atoms with Crippen LogP contribution in [0, 0.1) is 12.8 Å². The quantitative estimate of drug-likeness (QED) is 0.843. The van der Waals surface area contributed by atoms with E-state index in [9.17, 15) is 0 Å². The predicted octanol–water partition coefficient (Wildman–Crippen LogP) is 2.25. The molecular formula is C14H21NO. The van der Waals surface area contributed by atoms with Crippen LogP contribution in [0.4, 0.5) is 0 Å². The highest BCUT2D eigenvalue weighted by molar-refractivity contribution is 5.30. The average Bonchev–Trinajstić information content (AvgIpc) is 2.24. The van der Waals surface area contributed by atoms with Gasteiger partial charge in [-0.3, -0.25) is 0 Å². The van der Waals surface area contributed by atoms with E-state index in [1.807, 2.05) is 0 Å². The van der Waals surface area contributed by atoms with Gasteiger partial charge in [0.1, 0.15) is 0 Å². The zero-order chi connectivity index (χ0) is 11.6. The molecule has 2 heteroatoms. The summed E-state index contributed by atoms with van der Waals surface area (Å²) in [5.74, 6) is 0.560. The normalized spacial score (nSPS) is 20.2. The summed E-state index contributed by atoms with van der Waals surface area (Å²) >= 11 is 0. The van der Waals surface area contributed by atoms with Gasteiger partial charge in [-0.1, -0.05) is 36.8 Å². The molecule has 1 aliphatic rings. The van der Waals surface area contributed by atoms with Crippen molar-refractivity contribution in [1.82, 2.24) is 0 Å². The molecular weight excluding hydrogens is 198 g/mol. The molecule has 2 nitrogen and oxygen atoms in total. The summed E-state index contributed by atoms with van der Waals surface area (Å²) < 4.78 is 5.43. The first-order chi connectivity index (χ1) is 7.66. The molecule has 1 aromatic carbocycles. The van der Waals surface area contributed by atoms with Gasteiger partial charge >= 0.3 is 0 Å². The molecule has 0 saturated carbocycles. The molecule has 0 spiro atoms. The molecule has 0 amide bonds. The van der Waals surface area contributed by atoms with Gasteiger partial charge in [-0.2, -0.15) is 0 Å². The lowest BCUT2D eigenvalue weighted by molar-refractivity contribution is -0.0702. The van der Waals surface area contributed by atoms with Crippen LogP contribution >= 0.6 is 0 Å². The molecule has 1 aliphatic heterocycles. The maximum absolute atomic E-state index is 5.72. The molecule has 16 heavy (non-hydrogen) atoms. The van der Waals surface area contributed by atoms with E-state index >= 15 is 0 Å². The molecule has 88 valence electrons. The molecule has 0 radical (unpaired) electrons. The van der Waals surface area contributed by atoms with Crippen LogP contribution in [0.5, 0.6) is 0 Å². The van der Waals surface area contributed by atoms with Crippen molar-refractivity contribution in [1.29, 1.82) is 0 Å². The van der Waals surface area contributed by atoms with Gasteiger partial charge in [0.25, 0.3) is 0 Å². The highest BCUT2D eigenvalue weighted by Gasteiger charge is 2.40. The van der Waals surface area contributed by atoms with E-state index in [0.29, 0.717) is 5.92 Å². The van der Waals surface area contributed by atoms with E-state index in [1.54, 1.807) is 0 Å². The van der Waals surface area contributed by atoms with Gasteiger partial charge in [-0.25, -0.2) is 0 Å². The van der Waals surface area contributed by atoms with Crippen LogP contribution in [0.3, 0.4) is 0 Å². The Morgan fingerprint density at radius 1 is 1.31 bits per heavy atom. The second kappa shape index (κ2) is 4.56. The monoisotopic (exact) mass is 219 g/mol. The first-order valence-electron chi connectivity index (χ1n) is 6.01. The van der Waals surface area contributed by atoms with Crippen LogP contribution < -0.4 is 5.73 Å². The highest BCUT2D eigenvalue weighted by Crippen LogP contribution is 2.38. The van der Waals surface area contributed by atoms with Crippen molar-refractivity contribution in [2.45, 2.75) is 25.7 Å². The SMILES string of the molecule is Cc1ccc(C2(CC(C)CN)COC2)cc1. The third kappa shape index (κ3) is 2.13. The standard InChI is InChI=1S/C14H21NO/c1-11-3-5-13(6-4-11)14(9-16-10-14)7-12(2)8-15/h3-6,12H,7-10,15H2,1-2H3. The fraction of sp³-hybridized carbons (Fsp3) is 0.571. The van der Waals surface area contributed by atoms with Gasteiger partial charge in [0.15, 0.2) is 0 Å². The summed E-state index contributed by atoms with van der Waals surface area (Å²) in [6, 6.07) is 8.84. The number of nitrogens with two attached hydrogens (primary N) is 1. The van der Waals surface area contributed by atoms with Crippen LogP contribution in [-0.2, 0) is 10.2 Å². The fourth-order valence-electron chi connectivity index (χ4n) is 2.41. The van der Waals surface area contributed by atoms with Gasteiger partial charge in [-0.15, -0.1) is 0 Å². The molecule has 0 bridgehead atoms. The van der Waals surface area contributed by atoms with Crippen LogP contribution in [0.25, 0.3) is 0 Å². The summed E-state index contributed by atoms with van der Waals surface area (Å²) in [5, 5.41) is 0. The number of aryl methyl sites for hydroxylation is 1. The van der Waals surface area contributed by atoms with Crippen molar-refractivity contribution in [3.8, 4) is 0 Å². The van der Waals surface area contributed by atoms with Crippen molar-refractivity contribution in [3.63, 3.8) is 0 Å². The molecule has 2 rings (SSSR count). The second-order valence-corrected chi connectivity index (χ2v) is 5.18. The van der Waals surface area contributed by atoms with Crippen molar-refractivity contribution in [2.24, 2.45) is 11.7 Å². The zero-order valence-electron chi connectivity index (χ0n) is 10.2. The Morgan fingerprint density at radius 2 is 1.94 bits per heavy atom. The molecule has 0 aromatic heterocycles. The van der Waals surface area contributed by atoms with Crippen LogP contribution in [-0.4, -0.2) is 19.8 Å². The average molecular weight is 219 g/mol. The molecule has 1 fully saturated rings. The Balaban J connectivity index is 2.17. The number of benzene rings is 1. The molecule has 1 aromatic rings. The summed E-state index contributed by atoms with van der Waals surface area (Å²) in [7, 11) is 0. The molecule has 1 atom stereocenters. The van der Waals surface area contributed by atoms with E-state index < -0.39 is 0 Å². The maximum Gasteiger partial charge on any atom is 0.0585 e. The smallest absolute Gasteiger partial charge is 0.0585 e. The summed E-state index contributed by atoms with van der Waals surface area (Å²) in [4.78, 5) is 0. The minimum Gasteiger partial charge on any atom is -0.379 e. The third-order valence-electron chi connectivity index (χ3n) is 3.56. The van der Waals surface area contributed by atoms with Crippen molar-refractivity contribution in [3.05, 3.63) is 35.4 Å². The first kappa shape index (κ1) is 11.6. The van der Waals surface area contributed by atoms with E-state index in [-0.39, 0.29) is 5.41 Å². The van der Waals surface area contributed by atoms with Crippen molar-refractivity contribution < 1.29 is 4.74 Å². The molecule has 1 saturated heterocycles. The van der Waals surface area contributed by atoms with Crippen LogP contribution in [0.1, 0.15) is 24.5 Å². The Bertz CT molecular complexity index is 340. The summed E-state index contributed by atoms with van der Waals surface area (Å²) in [6.45, 7) is 6.79. The van der Waals surface area contributed by atoms with E-state index in [2.05, 4.69) is 38.1 Å². The first-order valence-corrected chi connectivity index (χ1v) is 6.01. The Morgan fingerprint density at radius 3 is 2.38 bits per heavy atom. The van der Waals surface area contributed by atoms with Gasteiger partial charge in [0.2, 0.25) is 0 Å². The molecule has 0 aliphatic carbocycles. The van der Waals surface area contributed by atoms with Crippen molar-refractivity contribution >= 4 is 0 Å². The lowest BCUT2D eigenvalue weighted by Crippen LogP contribution is -2.48. The van der Waals surface area contributed by atoms with E-state index in [1.165, 1.54) is 11.1 Å². The lowest BCUT2D eigenvalue weighted by atomic mass is 9.72. The number of hydrogen-bond donors (Lipinski definition) is 1. The topological polar surface area (TPSA) is 35.2 Å². The Hall–Kier alpha value is -0.860. The van der Waals surface area contributed by atoms with Gasteiger partial charge < -0.3 is 10.5 Å². The number of ether oxygens (including phenoxy) is 1. The molecule has 1 unspecified atom stereocenters. The predicted molar refractivity (Wildman–Crippen MR) is 66.5 cm³/mol. The highest BCUT2D eigenvalue weighted by atomic mass is 16.5. The maximum atomic E-state index is 5.72. The van der Waals surface area contributed by atoms with Gasteiger partial charge in [0.05, 0.1) is 13.2 Å². The van der Waals surface area contributed by atoms with E-state index in [4.69, 9.17) is 10.5 Å². The van der Waals surface area contributed by atoms with E-state index in [0.717, 1.165) is 26.2 Å². The minimum atomic E-state index is 0.229.